The van der Waals surface area contributed by atoms with Crippen LogP contribution in [0.25, 0.3) is 22.3 Å². The zero-order chi connectivity index (χ0) is 17.8. The average molecular weight is 337 g/mol. The lowest BCUT2D eigenvalue weighted by molar-refractivity contribution is 0.255. The number of anilines is 1. The van der Waals surface area contributed by atoms with Gasteiger partial charge >= 0.3 is 6.03 Å². The fourth-order valence-corrected chi connectivity index (χ4v) is 3.65. The number of hydrogen-bond donors (Lipinski definition) is 3. The first-order valence-corrected chi connectivity index (χ1v) is 8.56. The number of fused-ring (bicyclic) bond motifs is 2. The van der Waals surface area contributed by atoms with Crippen LogP contribution in [0.1, 0.15) is 31.5 Å². The number of nitrogens with zero attached hydrogens (tertiary/aromatic N) is 2. The van der Waals surface area contributed by atoms with Gasteiger partial charge in [0.1, 0.15) is 5.69 Å². The predicted molar refractivity (Wildman–Crippen MR) is 99.7 cm³/mol. The van der Waals surface area contributed by atoms with Gasteiger partial charge in [-0.2, -0.15) is 5.10 Å². The Balaban J connectivity index is 1.74. The molecule has 25 heavy (non-hydrogen) atoms. The summed E-state index contributed by atoms with van der Waals surface area (Å²) in [5.41, 5.74) is 12.0. The molecule has 2 aromatic heterocycles. The van der Waals surface area contributed by atoms with Crippen molar-refractivity contribution in [1.29, 1.82) is 0 Å². The summed E-state index contributed by atoms with van der Waals surface area (Å²) < 4.78 is 0. The van der Waals surface area contributed by atoms with Gasteiger partial charge in [0.25, 0.3) is 0 Å². The Labute approximate surface area is 146 Å². The van der Waals surface area contributed by atoms with Crippen LogP contribution in [-0.4, -0.2) is 28.3 Å². The number of aromatic amines is 2. The summed E-state index contributed by atoms with van der Waals surface area (Å²) in [6.07, 6.45) is 3.24. The van der Waals surface area contributed by atoms with Gasteiger partial charge in [-0.25, -0.2) is 4.79 Å². The molecule has 2 heterocycles. The van der Waals surface area contributed by atoms with Crippen molar-refractivity contribution in [3.05, 3.63) is 35.5 Å². The van der Waals surface area contributed by atoms with Crippen LogP contribution in [-0.2, 0) is 12.8 Å². The van der Waals surface area contributed by atoms with Crippen LogP contribution in [0.5, 0.6) is 0 Å². The van der Waals surface area contributed by atoms with Crippen molar-refractivity contribution in [2.24, 2.45) is 11.1 Å². The van der Waals surface area contributed by atoms with E-state index in [0.29, 0.717) is 5.41 Å². The van der Waals surface area contributed by atoms with Crippen LogP contribution in [0.15, 0.2) is 24.3 Å². The second kappa shape index (κ2) is 5.37. The summed E-state index contributed by atoms with van der Waals surface area (Å²) in [4.78, 5) is 16.2. The molecule has 6 nitrogen and oxygen atoms in total. The lowest BCUT2D eigenvalue weighted by Gasteiger charge is -2.28. The van der Waals surface area contributed by atoms with Gasteiger partial charge in [0.15, 0.2) is 0 Å². The summed E-state index contributed by atoms with van der Waals surface area (Å²) in [5, 5.41) is 8.89. The maximum atomic E-state index is 11.4. The molecule has 4 N–H and O–H groups in total. The molecular weight excluding hydrogens is 314 g/mol. The number of H-pyrrole nitrogens is 2. The molecule has 0 saturated carbocycles. The van der Waals surface area contributed by atoms with Crippen molar-refractivity contribution in [2.45, 2.75) is 33.1 Å². The minimum Gasteiger partial charge on any atom is -0.353 e. The van der Waals surface area contributed by atoms with E-state index in [9.17, 15) is 4.79 Å². The minimum absolute atomic E-state index is 0.325. The molecule has 1 aliphatic carbocycles. The standard InChI is InChI=1S/C19H23N5O/c1-19(2)7-6-13-16(10-19)22-23-17(13)15-8-11-4-5-12(9-14(11)21-15)24(3)18(20)25/h4-5,8-9,21H,6-7,10H2,1-3H3,(H2,20,25)(H,22,23). The van der Waals surface area contributed by atoms with Crippen LogP contribution in [0, 0.1) is 5.41 Å². The lowest BCUT2D eigenvalue weighted by atomic mass is 9.76. The number of rotatable bonds is 2. The largest absolute Gasteiger partial charge is 0.353 e. The summed E-state index contributed by atoms with van der Waals surface area (Å²) in [6.45, 7) is 4.60. The number of benzene rings is 1. The maximum absolute atomic E-state index is 11.4. The summed E-state index contributed by atoms with van der Waals surface area (Å²) in [7, 11) is 1.67. The molecule has 130 valence electrons. The van der Waals surface area contributed by atoms with E-state index < -0.39 is 6.03 Å². The average Bonchev–Trinajstić information content (AvgIpc) is 3.14. The third-order valence-electron chi connectivity index (χ3n) is 5.24. The summed E-state index contributed by atoms with van der Waals surface area (Å²) >= 11 is 0. The van der Waals surface area contributed by atoms with E-state index >= 15 is 0 Å². The molecule has 0 bridgehead atoms. The van der Waals surface area contributed by atoms with E-state index in [-0.39, 0.29) is 0 Å². The van der Waals surface area contributed by atoms with Gasteiger partial charge in [-0.1, -0.05) is 19.9 Å². The molecule has 0 unspecified atom stereocenters. The molecule has 1 aliphatic rings. The first-order valence-electron chi connectivity index (χ1n) is 8.56. The number of carbonyl (C=O) groups excluding carboxylic acids is 1. The SMILES string of the molecule is CN(C(N)=O)c1ccc2cc(-c3n[nH]c4c3CCC(C)(C)C4)[nH]c2c1. The number of carbonyl (C=O) groups is 1. The van der Waals surface area contributed by atoms with Crippen LogP contribution in [0.3, 0.4) is 0 Å². The first-order chi connectivity index (χ1) is 11.8. The van der Waals surface area contributed by atoms with Gasteiger partial charge in [0, 0.05) is 34.9 Å². The Morgan fingerprint density at radius 2 is 2.12 bits per heavy atom. The first kappa shape index (κ1) is 15.7. The molecule has 3 aromatic rings. The number of aromatic nitrogens is 3. The molecule has 0 spiro atoms. The molecule has 0 aliphatic heterocycles. The topological polar surface area (TPSA) is 90.8 Å². The number of nitrogens with one attached hydrogen (secondary N) is 2. The van der Waals surface area contributed by atoms with Gasteiger partial charge in [-0.05, 0) is 42.9 Å². The van der Waals surface area contributed by atoms with Gasteiger partial charge in [-0.15, -0.1) is 0 Å². The number of hydrogen-bond acceptors (Lipinski definition) is 2. The molecule has 0 atom stereocenters. The van der Waals surface area contributed by atoms with Crippen LogP contribution in [0.2, 0.25) is 0 Å². The molecule has 4 rings (SSSR count). The molecule has 1 aromatic carbocycles. The Morgan fingerprint density at radius 3 is 2.88 bits per heavy atom. The highest BCUT2D eigenvalue weighted by Crippen LogP contribution is 2.38. The monoisotopic (exact) mass is 337 g/mol. The molecular formula is C19H23N5O. The lowest BCUT2D eigenvalue weighted by Crippen LogP contribution is -2.31. The zero-order valence-corrected chi connectivity index (χ0v) is 14.8. The Hall–Kier alpha value is -2.76. The summed E-state index contributed by atoms with van der Waals surface area (Å²) in [5.74, 6) is 0. The minimum atomic E-state index is -0.477. The van der Waals surface area contributed by atoms with Crippen LogP contribution in [0.4, 0.5) is 10.5 Å². The highest BCUT2D eigenvalue weighted by Gasteiger charge is 2.29. The predicted octanol–water partition coefficient (Wildman–Crippen LogP) is 3.59. The molecule has 0 radical (unpaired) electrons. The molecule has 2 amide bonds. The van der Waals surface area contributed by atoms with Crippen molar-refractivity contribution in [3.8, 4) is 11.4 Å². The molecule has 6 heteroatoms. The van der Waals surface area contributed by atoms with Crippen LogP contribution >= 0.6 is 0 Å². The normalized spacial score (nSPS) is 16.0. The summed E-state index contributed by atoms with van der Waals surface area (Å²) in [6, 6.07) is 7.46. The Morgan fingerprint density at radius 1 is 1.32 bits per heavy atom. The zero-order valence-electron chi connectivity index (χ0n) is 14.8. The smallest absolute Gasteiger partial charge is 0.318 e. The van der Waals surface area contributed by atoms with E-state index in [1.807, 2.05) is 18.2 Å². The van der Waals surface area contributed by atoms with Crippen molar-refractivity contribution in [1.82, 2.24) is 15.2 Å². The van der Waals surface area contributed by atoms with Gasteiger partial charge < -0.3 is 10.7 Å². The van der Waals surface area contributed by atoms with Gasteiger partial charge in [0.2, 0.25) is 0 Å². The van der Waals surface area contributed by atoms with Crippen LogP contribution < -0.4 is 10.6 Å². The van der Waals surface area contributed by atoms with Gasteiger partial charge in [0.05, 0.1) is 5.69 Å². The fraction of sp³-hybridized carbons (Fsp3) is 0.368. The van der Waals surface area contributed by atoms with Gasteiger partial charge in [-0.3, -0.25) is 10.00 Å². The maximum Gasteiger partial charge on any atom is 0.318 e. The highest BCUT2D eigenvalue weighted by molar-refractivity contribution is 5.94. The fourth-order valence-electron chi connectivity index (χ4n) is 3.65. The highest BCUT2D eigenvalue weighted by atomic mass is 16.2. The van der Waals surface area contributed by atoms with Crippen molar-refractivity contribution >= 4 is 22.6 Å². The van der Waals surface area contributed by atoms with E-state index in [4.69, 9.17) is 5.73 Å². The second-order valence-corrected chi connectivity index (χ2v) is 7.72. The van der Waals surface area contributed by atoms with E-state index in [0.717, 1.165) is 40.8 Å². The van der Waals surface area contributed by atoms with Crippen molar-refractivity contribution < 1.29 is 4.79 Å². The van der Waals surface area contributed by atoms with Crippen molar-refractivity contribution in [3.63, 3.8) is 0 Å². The Kier molecular flexibility index (Phi) is 3.39. The second-order valence-electron chi connectivity index (χ2n) is 7.72. The third-order valence-corrected chi connectivity index (χ3v) is 5.24. The van der Waals surface area contributed by atoms with Crippen molar-refractivity contribution in [2.75, 3.05) is 11.9 Å². The number of primary amides is 1. The number of nitrogens with two attached hydrogens (primary N) is 1. The molecule has 0 fully saturated rings. The molecule has 0 saturated heterocycles. The quantitative estimate of drug-likeness (QED) is 0.667. The van der Waals surface area contributed by atoms with E-state index in [1.165, 1.54) is 22.6 Å². The van der Waals surface area contributed by atoms with E-state index in [2.05, 4.69) is 35.1 Å². The number of amides is 2. The third kappa shape index (κ3) is 2.67. The number of urea groups is 1. The van der Waals surface area contributed by atoms with E-state index in [1.54, 1.807) is 7.05 Å². The Bertz CT molecular complexity index is 966.